The minimum atomic E-state index is -4.37. The summed E-state index contributed by atoms with van der Waals surface area (Å²) in [7, 11) is 0. The summed E-state index contributed by atoms with van der Waals surface area (Å²) in [5.74, 6) is 0.314. The van der Waals surface area contributed by atoms with Gasteiger partial charge in [0.25, 0.3) is 0 Å². The zero-order chi connectivity index (χ0) is 19.1. The van der Waals surface area contributed by atoms with E-state index in [0.29, 0.717) is 27.1 Å². The van der Waals surface area contributed by atoms with Gasteiger partial charge in [0.2, 0.25) is 5.95 Å². The third-order valence-corrected chi connectivity index (χ3v) is 4.17. The Balaban J connectivity index is 2.02. The van der Waals surface area contributed by atoms with Gasteiger partial charge in [-0.2, -0.15) is 18.2 Å². The highest BCUT2D eigenvalue weighted by molar-refractivity contribution is 6.51. The van der Waals surface area contributed by atoms with Gasteiger partial charge in [-0.3, -0.25) is 0 Å². The van der Waals surface area contributed by atoms with Crippen LogP contribution in [0.4, 0.5) is 24.9 Å². The van der Waals surface area contributed by atoms with Crippen molar-refractivity contribution in [3.63, 3.8) is 0 Å². The van der Waals surface area contributed by atoms with Gasteiger partial charge in [0.1, 0.15) is 5.82 Å². The molecule has 0 saturated heterocycles. The van der Waals surface area contributed by atoms with E-state index in [0.717, 1.165) is 17.7 Å². The summed E-state index contributed by atoms with van der Waals surface area (Å²) in [5, 5.41) is 0.958. The first-order valence-electron chi connectivity index (χ1n) is 7.53. The van der Waals surface area contributed by atoms with Gasteiger partial charge in [-0.05, 0) is 54.0 Å². The van der Waals surface area contributed by atoms with Gasteiger partial charge in [-0.15, -0.1) is 0 Å². The predicted octanol–water partition coefficient (Wildman–Crippen LogP) is 4.86. The third-order valence-electron chi connectivity index (χ3n) is 3.84. The molecule has 3 rings (SSSR count). The lowest BCUT2D eigenvalue weighted by Crippen LogP contribution is -2.04. The Bertz CT molecular complexity index is 1010. The van der Waals surface area contributed by atoms with Crippen molar-refractivity contribution in [1.29, 1.82) is 0 Å². The van der Waals surface area contributed by atoms with Crippen LogP contribution in [0.15, 0.2) is 36.4 Å². The lowest BCUT2D eigenvalue weighted by atomic mass is 10.0. The number of hydrogen-bond acceptors (Lipinski definition) is 4. The highest BCUT2D eigenvalue weighted by atomic mass is 35.5. The number of benzene rings is 2. The molecule has 4 nitrogen and oxygen atoms in total. The molecule has 2 aromatic carbocycles. The van der Waals surface area contributed by atoms with Crippen LogP contribution in [0, 0.1) is 6.92 Å². The van der Waals surface area contributed by atoms with Crippen LogP contribution in [-0.2, 0) is 6.18 Å². The SMILES string of the molecule is Cc1cc(/C(Cl)=C/c2ccc(C(F)(F)F)cc2)cc2c(N)nc(N)nc12. The second kappa shape index (κ2) is 6.49. The Morgan fingerprint density at radius 2 is 1.73 bits per heavy atom. The number of hydrogen-bond donors (Lipinski definition) is 2. The van der Waals surface area contributed by atoms with Crippen LogP contribution in [0.5, 0.6) is 0 Å². The van der Waals surface area contributed by atoms with Gasteiger partial charge in [-0.25, -0.2) is 4.98 Å². The fraction of sp³-hybridized carbons (Fsp3) is 0.111. The fourth-order valence-corrected chi connectivity index (χ4v) is 2.82. The van der Waals surface area contributed by atoms with Crippen molar-refractivity contribution >= 4 is 45.4 Å². The van der Waals surface area contributed by atoms with E-state index in [-0.39, 0.29) is 11.8 Å². The normalized spacial score (nSPS) is 12.6. The lowest BCUT2D eigenvalue weighted by Gasteiger charge is -2.09. The average Bonchev–Trinajstić information content (AvgIpc) is 2.55. The summed E-state index contributed by atoms with van der Waals surface area (Å²) < 4.78 is 37.9. The van der Waals surface area contributed by atoms with E-state index in [1.807, 2.05) is 6.92 Å². The van der Waals surface area contributed by atoms with Gasteiger partial charge >= 0.3 is 6.18 Å². The molecule has 0 atom stereocenters. The molecule has 0 aliphatic rings. The summed E-state index contributed by atoms with van der Waals surface area (Å²) in [4.78, 5) is 8.11. The molecule has 0 bridgehead atoms. The molecule has 0 fully saturated rings. The smallest absolute Gasteiger partial charge is 0.383 e. The van der Waals surface area contributed by atoms with Crippen LogP contribution >= 0.6 is 11.6 Å². The summed E-state index contributed by atoms with van der Waals surface area (Å²) in [6.45, 7) is 1.83. The Hall–Kier alpha value is -2.80. The molecule has 0 spiro atoms. The van der Waals surface area contributed by atoms with Crippen molar-refractivity contribution < 1.29 is 13.2 Å². The molecular formula is C18H14ClF3N4. The maximum Gasteiger partial charge on any atom is 0.416 e. The highest BCUT2D eigenvalue weighted by Crippen LogP contribution is 2.32. The first-order valence-corrected chi connectivity index (χ1v) is 7.91. The maximum atomic E-state index is 12.6. The van der Waals surface area contributed by atoms with Crippen LogP contribution in [0.2, 0.25) is 0 Å². The van der Waals surface area contributed by atoms with E-state index in [4.69, 9.17) is 23.1 Å². The molecule has 1 heterocycles. The van der Waals surface area contributed by atoms with Crippen molar-refractivity contribution in [3.8, 4) is 0 Å². The monoisotopic (exact) mass is 378 g/mol. The zero-order valence-electron chi connectivity index (χ0n) is 13.6. The average molecular weight is 379 g/mol. The number of anilines is 2. The van der Waals surface area contributed by atoms with E-state index < -0.39 is 11.7 Å². The van der Waals surface area contributed by atoms with Crippen LogP contribution in [0.25, 0.3) is 22.0 Å². The van der Waals surface area contributed by atoms with E-state index >= 15 is 0 Å². The molecule has 8 heteroatoms. The quantitative estimate of drug-likeness (QED) is 0.624. The summed E-state index contributed by atoms with van der Waals surface area (Å²) in [6, 6.07) is 8.26. The number of aryl methyl sites for hydroxylation is 1. The van der Waals surface area contributed by atoms with Crippen molar-refractivity contribution in [2.24, 2.45) is 0 Å². The van der Waals surface area contributed by atoms with E-state index in [9.17, 15) is 13.2 Å². The van der Waals surface area contributed by atoms with Gasteiger partial charge in [-0.1, -0.05) is 23.7 Å². The van der Waals surface area contributed by atoms with E-state index in [1.54, 1.807) is 18.2 Å². The largest absolute Gasteiger partial charge is 0.416 e. The van der Waals surface area contributed by atoms with E-state index in [1.165, 1.54) is 12.1 Å². The summed E-state index contributed by atoms with van der Waals surface area (Å²) in [5.41, 5.74) is 13.4. The van der Waals surface area contributed by atoms with Crippen LogP contribution in [0.3, 0.4) is 0 Å². The number of aromatic nitrogens is 2. The van der Waals surface area contributed by atoms with Crippen LogP contribution in [0.1, 0.15) is 22.3 Å². The van der Waals surface area contributed by atoms with Gasteiger partial charge < -0.3 is 11.5 Å². The molecular weight excluding hydrogens is 365 g/mol. The molecule has 3 aromatic rings. The summed E-state index contributed by atoms with van der Waals surface area (Å²) in [6.07, 6.45) is -2.79. The minimum Gasteiger partial charge on any atom is -0.383 e. The Morgan fingerprint density at radius 1 is 1.08 bits per heavy atom. The molecule has 26 heavy (non-hydrogen) atoms. The number of alkyl halides is 3. The zero-order valence-corrected chi connectivity index (χ0v) is 14.4. The number of halogens is 4. The topological polar surface area (TPSA) is 77.8 Å². The standard InChI is InChI=1S/C18H14ClF3N4/c1-9-6-11(8-13-15(9)25-17(24)26-16(13)23)14(19)7-10-2-4-12(5-3-10)18(20,21)22/h2-8H,1H3,(H4,23,24,25,26)/b14-7-. The van der Waals surface area contributed by atoms with Crippen molar-refractivity contribution in [3.05, 3.63) is 58.7 Å². The predicted molar refractivity (Wildman–Crippen MR) is 98.3 cm³/mol. The minimum absolute atomic E-state index is 0.0808. The molecule has 0 unspecified atom stereocenters. The summed E-state index contributed by atoms with van der Waals surface area (Å²) >= 11 is 6.36. The lowest BCUT2D eigenvalue weighted by molar-refractivity contribution is -0.137. The molecule has 0 radical (unpaired) electrons. The second-order valence-electron chi connectivity index (χ2n) is 5.77. The molecule has 1 aromatic heterocycles. The molecule has 0 saturated carbocycles. The number of nitrogens with zero attached hydrogens (tertiary/aromatic N) is 2. The highest BCUT2D eigenvalue weighted by Gasteiger charge is 2.29. The number of fused-ring (bicyclic) bond motifs is 1. The Labute approximate surface area is 152 Å². The first-order chi connectivity index (χ1) is 12.1. The van der Waals surface area contributed by atoms with Gasteiger partial charge in [0.15, 0.2) is 0 Å². The molecule has 4 N–H and O–H groups in total. The Kier molecular flexibility index (Phi) is 4.50. The molecule has 0 aliphatic heterocycles. The van der Waals surface area contributed by atoms with Gasteiger partial charge in [0, 0.05) is 10.4 Å². The van der Waals surface area contributed by atoms with Crippen molar-refractivity contribution in [2.45, 2.75) is 13.1 Å². The van der Waals surface area contributed by atoms with Crippen molar-refractivity contribution in [2.75, 3.05) is 11.5 Å². The first kappa shape index (κ1) is 18.0. The van der Waals surface area contributed by atoms with E-state index in [2.05, 4.69) is 9.97 Å². The number of rotatable bonds is 2. The van der Waals surface area contributed by atoms with Crippen molar-refractivity contribution in [1.82, 2.24) is 9.97 Å². The van der Waals surface area contributed by atoms with Gasteiger partial charge in [0.05, 0.1) is 11.1 Å². The maximum absolute atomic E-state index is 12.6. The molecule has 0 aliphatic carbocycles. The van der Waals surface area contributed by atoms with Crippen LogP contribution in [-0.4, -0.2) is 9.97 Å². The molecule has 134 valence electrons. The Morgan fingerprint density at radius 3 is 2.35 bits per heavy atom. The number of nitrogen functional groups attached to an aromatic ring is 2. The number of nitrogens with two attached hydrogens (primary N) is 2. The molecule has 0 amide bonds. The second-order valence-corrected chi connectivity index (χ2v) is 6.18. The third kappa shape index (κ3) is 3.57. The fourth-order valence-electron chi connectivity index (χ4n) is 2.58. The van der Waals surface area contributed by atoms with Crippen LogP contribution < -0.4 is 11.5 Å².